The predicted octanol–water partition coefficient (Wildman–Crippen LogP) is 4.84. The zero-order chi connectivity index (χ0) is 21.1. The molecule has 158 valence electrons. The number of rotatable bonds is 9. The van der Waals surface area contributed by atoms with Gasteiger partial charge in [-0.3, -0.25) is 0 Å². The standard InChI is InChI=1S/C25H30N2O3/c1-4-29-25(28)20-9-12-24-22(15-20)23(16-27(24)14-13-26(2)3)19-7-10-21(11-8-19)30-17-18-5-6-18/h7-12,15-16,18H,4-6,13-14,17H2,1-3H3. The van der Waals surface area contributed by atoms with Crippen molar-refractivity contribution in [2.45, 2.75) is 26.3 Å². The topological polar surface area (TPSA) is 43.7 Å². The van der Waals surface area contributed by atoms with Gasteiger partial charge < -0.3 is 18.9 Å². The lowest BCUT2D eigenvalue weighted by atomic mass is 10.0. The Morgan fingerprint density at radius 2 is 1.90 bits per heavy atom. The summed E-state index contributed by atoms with van der Waals surface area (Å²) in [6, 6.07) is 14.1. The zero-order valence-corrected chi connectivity index (χ0v) is 18.1. The average molecular weight is 407 g/mol. The molecular weight excluding hydrogens is 376 g/mol. The van der Waals surface area contributed by atoms with E-state index < -0.39 is 0 Å². The van der Waals surface area contributed by atoms with Crippen LogP contribution in [-0.4, -0.2) is 49.3 Å². The van der Waals surface area contributed by atoms with Crippen molar-refractivity contribution in [2.75, 3.05) is 33.9 Å². The van der Waals surface area contributed by atoms with Gasteiger partial charge in [-0.05, 0) is 75.7 Å². The Labute approximate surface area is 178 Å². The third-order valence-corrected chi connectivity index (χ3v) is 5.53. The van der Waals surface area contributed by atoms with E-state index >= 15 is 0 Å². The molecule has 0 N–H and O–H groups in total. The number of fused-ring (bicyclic) bond motifs is 1. The summed E-state index contributed by atoms with van der Waals surface area (Å²) in [5.74, 6) is 1.37. The number of benzene rings is 2. The Kier molecular flexibility index (Phi) is 6.09. The summed E-state index contributed by atoms with van der Waals surface area (Å²) in [6.07, 6.45) is 4.75. The van der Waals surface area contributed by atoms with Gasteiger partial charge in [0.25, 0.3) is 0 Å². The lowest BCUT2D eigenvalue weighted by Gasteiger charge is -2.11. The highest BCUT2D eigenvalue weighted by atomic mass is 16.5. The molecule has 1 aromatic heterocycles. The molecule has 1 saturated carbocycles. The monoisotopic (exact) mass is 406 g/mol. The largest absolute Gasteiger partial charge is 0.493 e. The van der Waals surface area contributed by atoms with Crippen molar-refractivity contribution in [3.8, 4) is 16.9 Å². The third-order valence-electron chi connectivity index (χ3n) is 5.53. The van der Waals surface area contributed by atoms with Crippen LogP contribution in [0.25, 0.3) is 22.0 Å². The van der Waals surface area contributed by atoms with Crippen LogP contribution in [0, 0.1) is 5.92 Å². The first-order chi connectivity index (χ1) is 14.5. The minimum absolute atomic E-state index is 0.282. The van der Waals surface area contributed by atoms with Crippen LogP contribution in [0.1, 0.15) is 30.1 Å². The number of esters is 1. The summed E-state index contributed by atoms with van der Waals surface area (Å²) in [5, 5.41) is 1.06. The molecule has 0 radical (unpaired) electrons. The van der Waals surface area contributed by atoms with E-state index in [1.807, 2.05) is 37.3 Å². The van der Waals surface area contributed by atoms with Gasteiger partial charge in [-0.1, -0.05) is 12.1 Å². The molecule has 0 bridgehead atoms. The number of aromatic nitrogens is 1. The summed E-state index contributed by atoms with van der Waals surface area (Å²) in [4.78, 5) is 14.5. The number of hydrogen-bond acceptors (Lipinski definition) is 4. The maximum Gasteiger partial charge on any atom is 0.338 e. The molecule has 0 saturated heterocycles. The molecular formula is C25H30N2O3. The van der Waals surface area contributed by atoms with Crippen molar-refractivity contribution in [1.29, 1.82) is 0 Å². The Morgan fingerprint density at radius 3 is 2.57 bits per heavy atom. The molecule has 0 aliphatic heterocycles. The van der Waals surface area contributed by atoms with Gasteiger partial charge in [0, 0.05) is 35.8 Å². The smallest absolute Gasteiger partial charge is 0.338 e. The second kappa shape index (κ2) is 8.92. The van der Waals surface area contributed by atoms with Crippen LogP contribution in [0.3, 0.4) is 0 Å². The lowest BCUT2D eigenvalue weighted by molar-refractivity contribution is 0.0526. The molecule has 30 heavy (non-hydrogen) atoms. The zero-order valence-electron chi connectivity index (χ0n) is 18.1. The van der Waals surface area contributed by atoms with Crippen LogP contribution in [0.5, 0.6) is 5.75 Å². The number of carbonyl (C=O) groups is 1. The van der Waals surface area contributed by atoms with Crippen LogP contribution in [0.2, 0.25) is 0 Å². The highest BCUT2D eigenvalue weighted by Gasteiger charge is 2.22. The van der Waals surface area contributed by atoms with Gasteiger partial charge in [-0.15, -0.1) is 0 Å². The number of nitrogens with zero attached hydrogens (tertiary/aromatic N) is 2. The fraction of sp³-hybridized carbons (Fsp3) is 0.400. The van der Waals surface area contributed by atoms with E-state index in [0.29, 0.717) is 12.2 Å². The summed E-state index contributed by atoms with van der Waals surface area (Å²) in [6.45, 7) is 4.83. The normalized spacial score (nSPS) is 13.7. The van der Waals surface area contributed by atoms with Crippen LogP contribution in [0.4, 0.5) is 0 Å². The van der Waals surface area contributed by atoms with Crippen LogP contribution in [-0.2, 0) is 11.3 Å². The van der Waals surface area contributed by atoms with Gasteiger partial charge in [0.05, 0.1) is 18.8 Å². The Bertz CT molecular complexity index is 1020. The van der Waals surface area contributed by atoms with E-state index in [1.165, 1.54) is 12.8 Å². The van der Waals surface area contributed by atoms with Crippen molar-refractivity contribution in [3.63, 3.8) is 0 Å². The lowest BCUT2D eigenvalue weighted by Crippen LogP contribution is -2.17. The molecule has 1 fully saturated rings. The van der Waals surface area contributed by atoms with Crippen LogP contribution >= 0.6 is 0 Å². The highest BCUT2D eigenvalue weighted by Crippen LogP contribution is 2.34. The van der Waals surface area contributed by atoms with Gasteiger partial charge >= 0.3 is 5.97 Å². The molecule has 0 atom stereocenters. The van der Waals surface area contributed by atoms with Gasteiger partial charge in [0.2, 0.25) is 0 Å². The van der Waals surface area contributed by atoms with Crippen molar-refractivity contribution in [1.82, 2.24) is 9.47 Å². The van der Waals surface area contributed by atoms with Crippen molar-refractivity contribution in [2.24, 2.45) is 5.92 Å². The van der Waals surface area contributed by atoms with Crippen molar-refractivity contribution in [3.05, 3.63) is 54.2 Å². The summed E-state index contributed by atoms with van der Waals surface area (Å²) < 4.78 is 13.4. The SMILES string of the molecule is CCOC(=O)c1ccc2c(c1)c(-c1ccc(OCC3CC3)cc1)cn2CCN(C)C. The number of carbonyl (C=O) groups excluding carboxylic acids is 1. The van der Waals surface area contributed by atoms with E-state index in [2.05, 4.69) is 41.9 Å². The molecule has 5 heteroatoms. The fourth-order valence-electron chi connectivity index (χ4n) is 3.59. The Balaban J connectivity index is 1.68. The van der Waals surface area contributed by atoms with Gasteiger partial charge in [-0.25, -0.2) is 4.79 Å². The Hall–Kier alpha value is -2.79. The van der Waals surface area contributed by atoms with Crippen molar-refractivity contribution < 1.29 is 14.3 Å². The van der Waals surface area contributed by atoms with E-state index in [0.717, 1.165) is 53.4 Å². The first-order valence-electron chi connectivity index (χ1n) is 10.7. The number of hydrogen-bond donors (Lipinski definition) is 0. The summed E-state index contributed by atoms with van der Waals surface area (Å²) in [5.41, 5.74) is 3.93. The van der Waals surface area contributed by atoms with E-state index in [-0.39, 0.29) is 5.97 Å². The molecule has 1 aliphatic carbocycles. The molecule has 4 rings (SSSR count). The van der Waals surface area contributed by atoms with E-state index in [4.69, 9.17) is 9.47 Å². The Morgan fingerprint density at radius 1 is 1.13 bits per heavy atom. The number of ether oxygens (including phenoxy) is 2. The van der Waals surface area contributed by atoms with Crippen molar-refractivity contribution >= 4 is 16.9 Å². The van der Waals surface area contributed by atoms with E-state index in [1.54, 1.807) is 0 Å². The second-order valence-corrected chi connectivity index (χ2v) is 8.27. The second-order valence-electron chi connectivity index (χ2n) is 8.27. The van der Waals surface area contributed by atoms with Gasteiger partial charge in [-0.2, -0.15) is 0 Å². The maximum atomic E-state index is 12.3. The first kappa shape index (κ1) is 20.5. The van der Waals surface area contributed by atoms with Crippen LogP contribution < -0.4 is 4.74 Å². The quantitative estimate of drug-likeness (QED) is 0.477. The first-order valence-corrected chi connectivity index (χ1v) is 10.7. The van der Waals surface area contributed by atoms with Gasteiger partial charge in [0.1, 0.15) is 5.75 Å². The molecule has 1 heterocycles. The predicted molar refractivity (Wildman–Crippen MR) is 120 cm³/mol. The molecule has 0 amide bonds. The van der Waals surface area contributed by atoms with Crippen LogP contribution in [0.15, 0.2) is 48.7 Å². The van der Waals surface area contributed by atoms with Gasteiger partial charge in [0.15, 0.2) is 0 Å². The van der Waals surface area contributed by atoms with E-state index in [9.17, 15) is 4.79 Å². The fourth-order valence-corrected chi connectivity index (χ4v) is 3.59. The third kappa shape index (κ3) is 4.68. The molecule has 0 unspecified atom stereocenters. The summed E-state index contributed by atoms with van der Waals surface area (Å²) >= 11 is 0. The summed E-state index contributed by atoms with van der Waals surface area (Å²) in [7, 11) is 4.15. The minimum atomic E-state index is -0.282. The molecule has 2 aromatic carbocycles. The highest BCUT2D eigenvalue weighted by molar-refractivity contribution is 6.01. The molecule has 5 nitrogen and oxygen atoms in total. The average Bonchev–Trinajstić information content (AvgIpc) is 3.51. The molecule has 3 aromatic rings. The molecule has 0 spiro atoms. The number of likely N-dealkylation sites (N-methyl/N-ethyl adjacent to an activating group) is 1. The maximum absolute atomic E-state index is 12.3. The minimum Gasteiger partial charge on any atom is -0.493 e. The molecule has 1 aliphatic rings.